The van der Waals surface area contributed by atoms with Crippen LogP contribution in [-0.2, 0) is 0 Å². The summed E-state index contributed by atoms with van der Waals surface area (Å²) in [6, 6.07) is 16.6. The van der Waals surface area contributed by atoms with Crippen molar-refractivity contribution in [2.24, 2.45) is 0 Å². The maximum absolute atomic E-state index is 13.2. The number of hydrogen-bond donors (Lipinski definition) is 0. The van der Waals surface area contributed by atoms with Gasteiger partial charge in [0, 0.05) is 70.7 Å². The highest BCUT2D eigenvalue weighted by molar-refractivity contribution is 5.95. The van der Waals surface area contributed by atoms with Crippen LogP contribution in [0, 0.1) is 0 Å². The van der Waals surface area contributed by atoms with Gasteiger partial charge in [-0.25, -0.2) is 0 Å². The predicted octanol–water partition coefficient (Wildman–Crippen LogP) is 3.19. The van der Waals surface area contributed by atoms with Crippen LogP contribution in [0.15, 0.2) is 48.5 Å². The number of likely N-dealkylation sites (tertiary alicyclic amines) is 1. The molecule has 1 atom stereocenters. The van der Waals surface area contributed by atoms with Gasteiger partial charge in [-0.1, -0.05) is 18.2 Å². The summed E-state index contributed by atoms with van der Waals surface area (Å²) in [4.78, 5) is 22.2. The Hall–Kier alpha value is -2.73. The summed E-state index contributed by atoms with van der Waals surface area (Å²) in [5, 5.41) is 0. The van der Waals surface area contributed by atoms with E-state index in [1.807, 2.05) is 55.4 Å². The number of carbonyl (C=O) groups excluding carboxylic acids is 1. The maximum Gasteiger partial charge on any atom is 0.253 e. The van der Waals surface area contributed by atoms with E-state index in [-0.39, 0.29) is 5.91 Å². The van der Waals surface area contributed by atoms with E-state index in [0.29, 0.717) is 6.04 Å². The van der Waals surface area contributed by atoms with Crippen molar-refractivity contribution in [3.05, 3.63) is 54.1 Å². The van der Waals surface area contributed by atoms with E-state index in [1.165, 1.54) is 5.69 Å². The molecule has 166 valence electrons. The van der Waals surface area contributed by atoms with Crippen LogP contribution in [0.4, 0.5) is 11.4 Å². The quantitative estimate of drug-likeness (QED) is 0.740. The molecule has 2 aliphatic heterocycles. The summed E-state index contributed by atoms with van der Waals surface area (Å²) < 4.78 is 5.54. The molecule has 0 aromatic heterocycles. The monoisotopic (exact) mass is 422 g/mol. The summed E-state index contributed by atoms with van der Waals surface area (Å²) in [6.07, 6.45) is 2.23. The molecule has 4 rings (SSSR count). The second-order valence-corrected chi connectivity index (χ2v) is 8.69. The number of ether oxygens (including phenoxy) is 1. The molecule has 0 aliphatic carbocycles. The lowest BCUT2D eigenvalue weighted by Crippen LogP contribution is -2.55. The van der Waals surface area contributed by atoms with Crippen molar-refractivity contribution in [1.29, 1.82) is 0 Å². The molecule has 0 N–H and O–H groups in total. The van der Waals surface area contributed by atoms with E-state index >= 15 is 0 Å². The Morgan fingerprint density at radius 2 is 1.77 bits per heavy atom. The van der Waals surface area contributed by atoms with Crippen LogP contribution in [-0.4, -0.2) is 82.2 Å². The molecule has 31 heavy (non-hydrogen) atoms. The van der Waals surface area contributed by atoms with E-state index < -0.39 is 0 Å². The number of benzene rings is 2. The average Bonchev–Trinajstić information content (AvgIpc) is 2.83. The van der Waals surface area contributed by atoms with Crippen molar-refractivity contribution in [2.75, 3.05) is 70.3 Å². The van der Waals surface area contributed by atoms with Gasteiger partial charge in [0.25, 0.3) is 5.91 Å². The zero-order valence-electron chi connectivity index (χ0n) is 19.0. The minimum atomic E-state index is 0.154. The molecule has 2 heterocycles. The van der Waals surface area contributed by atoms with Crippen molar-refractivity contribution in [3.63, 3.8) is 0 Å². The zero-order valence-corrected chi connectivity index (χ0v) is 19.0. The Labute approximate surface area is 186 Å². The van der Waals surface area contributed by atoms with Crippen LogP contribution in [0.2, 0.25) is 0 Å². The number of amides is 1. The molecule has 2 aliphatic rings. The highest BCUT2D eigenvalue weighted by atomic mass is 16.5. The van der Waals surface area contributed by atoms with Crippen molar-refractivity contribution < 1.29 is 9.53 Å². The smallest absolute Gasteiger partial charge is 0.253 e. The molecule has 0 saturated carbocycles. The average molecular weight is 423 g/mol. The molecule has 0 radical (unpaired) electrons. The molecular formula is C25H34N4O2. The minimum absolute atomic E-state index is 0.154. The molecule has 2 aromatic rings. The number of anilines is 2. The van der Waals surface area contributed by atoms with Gasteiger partial charge >= 0.3 is 0 Å². The molecular weight excluding hydrogens is 388 g/mol. The molecule has 0 unspecified atom stereocenters. The first-order valence-electron chi connectivity index (χ1n) is 11.3. The van der Waals surface area contributed by atoms with Crippen LogP contribution in [0.1, 0.15) is 23.2 Å². The van der Waals surface area contributed by atoms with Gasteiger partial charge < -0.3 is 19.4 Å². The summed E-state index contributed by atoms with van der Waals surface area (Å²) >= 11 is 0. The van der Waals surface area contributed by atoms with Gasteiger partial charge in [-0.2, -0.15) is 0 Å². The van der Waals surface area contributed by atoms with Gasteiger partial charge in [0.15, 0.2) is 0 Å². The molecule has 2 fully saturated rings. The third kappa shape index (κ3) is 4.79. The van der Waals surface area contributed by atoms with Gasteiger partial charge in [-0.15, -0.1) is 0 Å². The Morgan fingerprint density at radius 3 is 2.52 bits per heavy atom. The number of piperidine rings is 1. The first kappa shape index (κ1) is 21.5. The van der Waals surface area contributed by atoms with Crippen molar-refractivity contribution >= 4 is 17.3 Å². The fourth-order valence-electron chi connectivity index (χ4n) is 4.76. The molecule has 6 heteroatoms. The molecule has 0 bridgehead atoms. The maximum atomic E-state index is 13.2. The SMILES string of the molecule is COc1ccccc1N1CCN([C@H]2CCCN(C(=O)c3cccc(N(C)C)c3)C2)CC1. The number of hydrogen-bond acceptors (Lipinski definition) is 5. The van der Waals surface area contributed by atoms with E-state index in [9.17, 15) is 4.79 Å². The van der Waals surface area contributed by atoms with E-state index in [2.05, 4.69) is 26.8 Å². The van der Waals surface area contributed by atoms with Crippen molar-refractivity contribution in [2.45, 2.75) is 18.9 Å². The van der Waals surface area contributed by atoms with Crippen LogP contribution in [0.5, 0.6) is 5.75 Å². The van der Waals surface area contributed by atoms with Crippen LogP contribution in [0.3, 0.4) is 0 Å². The van der Waals surface area contributed by atoms with Crippen LogP contribution >= 0.6 is 0 Å². The molecule has 6 nitrogen and oxygen atoms in total. The number of methoxy groups -OCH3 is 1. The Kier molecular flexibility index (Phi) is 6.66. The summed E-state index contributed by atoms with van der Waals surface area (Å²) in [7, 11) is 5.74. The fraction of sp³-hybridized carbons (Fsp3) is 0.480. The first-order valence-corrected chi connectivity index (χ1v) is 11.3. The molecule has 2 saturated heterocycles. The lowest BCUT2D eigenvalue weighted by molar-refractivity contribution is 0.0563. The fourth-order valence-corrected chi connectivity index (χ4v) is 4.76. The van der Waals surface area contributed by atoms with Gasteiger partial charge in [-0.3, -0.25) is 9.69 Å². The van der Waals surface area contributed by atoms with E-state index in [1.54, 1.807) is 7.11 Å². The third-order valence-corrected chi connectivity index (χ3v) is 6.55. The number of piperazine rings is 1. The van der Waals surface area contributed by atoms with Crippen molar-refractivity contribution in [1.82, 2.24) is 9.80 Å². The predicted molar refractivity (Wildman–Crippen MR) is 126 cm³/mol. The number of nitrogens with zero attached hydrogens (tertiary/aromatic N) is 4. The minimum Gasteiger partial charge on any atom is -0.495 e. The van der Waals surface area contributed by atoms with Gasteiger partial charge in [0.1, 0.15) is 5.75 Å². The zero-order chi connectivity index (χ0) is 21.8. The van der Waals surface area contributed by atoms with Crippen LogP contribution in [0.25, 0.3) is 0 Å². The van der Waals surface area contributed by atoms with Crippen LogP contribution < -0.4 is 14.5 Å². The Morgan fingerprint density at radius 1 is 1.00 bits per heavy atom. The number of rotatable bonds is 5. The van der Waals surface area contributed by atoms with Crippen molar-refractivity contribution in [3.8, 4) is 5.75 Å². The molecule has 2 aromatic carbocycles. The lowest BCUT2D eigenvalue weighted by Gasteiger charge is -2.44. The van der Waals surface area contributed by atoms with Gasteiger partial charge in [0.05, 0.1) is 12.8 Å². The second-order valence-electron chi connectivity index (χ2n) is 8.69. The Balaban J connectivity index is 1.37. The number of carbonyl (C=O) groups is 1. The summed E-state index contributed by atoms with van der Waals surface area (Å²) in [5.41, 5.74) is 3.02. The molecule has 0 spiro atoms. The molecule has 1 amide bonds. The van der Waals surface area contributed by atoms with E-state index in [0.717, 1.165) is 69.1 Å². The largest absolute Gasteiger partial charge is 0.495 e. The highest BCUT2D eigenvalue weighted by Gasteiger charge is 2.31. The summed E-state index contributed by atoms with van der Waals surface area (Å²) in [6.45, 7) is 5.66. The lowest BCUT2D eigenvalue weighted by atomic mass is 10.0. The van der Waals surface area contributed by atoms with E-state index in [4.69, 9.17) is 4.74 Å². The third-order valence-electron chi connectivity index (χ3n) is 6.55. The Bertz CT molecular complexity index is 893. The van der Waals surface area contributed by atoms with Gasteiger partial charge in [0.2, 0.25) is 0 Å². The second kappa shape index (κ2) is 9.60. The van der Waals surface area contributed by atoms with Gasteiger partial charge in [-0.05, 0) is 43.2 Å². The number of para-hydroxylation sites is 2. The normalized spacial score (nSPS) is 19.9. The first-order chi connectivity index (χ1) is 15.1. The highest BCUT2D eigenvalue weighted by Crippen LogP contribution is 2.29. The topological polar surface area (TPSA) is 39.3 Å². The summed E-state index contributed by atoms with van der Waals surface area (Å²) in [5.74, 6) is 1.09. The standard InChI is InChI=1S/C25H34N4O2/c1-26(2)21-9-6-8-20(18-21)25(30)29-13-7-10-22(19-29)27-14-16-28(17-15-27)23-11-4-5-12-24(23)31-3/h4-6,8-9,11-12,18,22H,7,10,13-17,19H2,1-3H3/t22-/m0/s1.